The summed E-state index contributed by atoms with van der Waals surface area (Å²) in [6, 6.07) is 6.07. The minimum Gasteiger partial charge on any atom is -0.323 e. The minimum atomic E-state index is -0.922. The van der Waals surface area contributed by atoms with Crippen LogP contribution in [0.15, 0.2) is 18.2 Å². The molecule has 0 spiro atoms. The molecule has 0 saturated carbocycles. The molecular formula is C12H14Br3NO. The molecule has 2 nitrogen and oxygen atoms in total. The van der Waals surface area contributed by atoms with Gasteiger partial charge >= 0.3 is 0 Å². The molecule has 1 N–H and O–H groups in total. The van der Waals surface area contributed by atoms with E-state index in [4.69, 9.17) is 0 Å². The number of amides is 1. The number of benzene rings is 1. The summed E-state index contributed by atoms with van der Waals surface area (Å²) in [6.45, 7) is 6.28. The number of carbonyl (C=O) groups is 1. The molecule has 0 fully saturated rings. The summed E-state index contributed by atoms with van der Waals surface area (Å²) >= 11 is 9.57. The van der Waals surface area contributed by atoms with Crippen molar-refractivity contribution >= 4 is 59.4 Å². The van der Waals surface area contributed by atoms with Gasteiger partial charge in [0.1, 0.15) is 0 Å². The van der Waals surface area contributed by atoms with E-state index in [-0.39, 0.29) is 5.91 Å². The van der Waals surface area contributed by atoms with Crippen molar-refractivity contribution in [1.29, 1.82) is 0 Å². The van der Waals surface area contributed by atoms with Crippen molar-refractivity contribution in [3.63, 3.8) is 0 Å². The van der Waals surface area contributed by atoms with Gasteiger partial charge in [-0.3, -0.25) is 4.79 Å². The van der Waals surface area contributed by atoms with Crippen molar-refractivity contribution < 1.29 is 4.79 Å². The highest BCUT2D eigenvalue weighted by Gasteiger charge is 2.28. The predicted molar refractivity (Wildman–Crippen MR) is 83.4 cm³/mol. The number of nitrogens with one attached hydrogen (secondary N) is 1. The molecule has 1 aromatic rings. The first kappa shape index (κ1) is 15.2. The van der Waals surface area contributed by atoms with Crippen LogP contribution in [-0.4, -0.2) is 8.05 Å². The molecular weight excluding hydrogens is 414 g/mol. The highest BCUT2D eigenvalue weighted by molar-refractivity contribution is 9.40. The summed E-state index contributed by atoms with van der Waals surface area (Å²) in [7, 11) is 0. The van der Waals surface area contributed by atoms with Crippen LogP contribution in [0.25, 0.3) is 0 Å². The Bertz CT molecular complexity index is 424. The van der Waals surface area contributed by atoms with Crippen LogP contribution in [0.1, 0.15) is 30.9 Å². The number of hydrogen-bond donors (Lipinski definition) is 1. The maximum absolute atomic E-state index is 11.8. The molecule has 0 bridgehead atoms. The highest BCUT2D eigenvalue weighted by Crippen LogP contribution is 2.35. The molecule has 1 aromatic carbocycles. The summed E-state index contributed by atoms with van der Waals surface area (Å²) in [5, 5.41) is 2.84. The van der Waals surface area contributed by atoms with Gasteiger partial charge in [-0.2, -0.15) is 0 Å². The van der Waals surface area contributed by atoms with E-state index in [1.807, 2.05) is 19.1 Å². The zero-order valence-electron chi connectivity index (χ0n) is 9.85. The number of rotatable bonds is 2. The summed E-state index contributed by atoms with van der Waals surface area (Å²) in [5.41, 5.74) is 3.15. The van der Waals surface area contributed by atoms with E-state index in [1.54, 1.807) is 0 Å². The second-order valence-corrected chi connectivity index (χ2v) is 11.0. The first-order valence-corrected chi connectivity index (χ1v) is 7.58. The molecule has 0 aliphatic carbocycles. The molecule has 94 valence electrons. The van der Waals surface area contributed by atoms with Crippen LogP contribution in [-0.2, 0) is 4.79 Å². The largest absolute Gasteiger partial charge is 0.323 e. The number of halogens is 3. The van der Waals surface area contributed by atoms with E-state index in [9.17, 15) is 4.79 Å². The van der Waals surface area contributed by atoms with Gasteiger partial charge in [-0.05, 0) is 83.9 Å². The zero-order chi connectivity index (χ0) is 13.2. The Hall–Kier alpha value is 0.130. The molecule has 0 aliphatic heterocycles. The molecule has 1 amide bonds. The van der Waals surface area contributed by atoms with Crippen molar-refractivity contribution in [1.82, 2.24) is 0 Å². The third-order valence-corrected chi connectivity index (χ3v) is 3.36. The standard InChI is InChI=1S/C12H14Br3NO/c1-7(2)9-4-8(3)5-10(6-9)16-11(17)12(13,14)15/h4-7H,1-3H3,(H,16,17). The topological polar surface area (TPSA) is 29.1 Å². The molecule has 17 heavy (non-hydrogen) atoms. The first-order chi connectivity index (χ1) is 7.70. The van der Waals surface area contributed by atoms with E-state index in [0.29, 0.717) is 5.92 Å². The third kappa shape index (κ3) is 4.72. The van der Waals surface area contributed by atoms with E-state index in [0.717, 1.165) is 11.3 Å². The molecule has 0 heterocycles. The Labute approximate surface area is 127 Å². The van der Waals surface area contributed by atoms with Gasteiger partial charge in [0, 0.05) is 5.69 Å². The quantitative estimate of drug-likeness (QED) is 0.668. The summed E-state index contributed by atoms with van der Waals surface area (Å²) in [6.07, 6.45) is 0. The normalized spacial score (nSPS) is 11.7. The maximum atomic E-state index is 11.8. The fourth-order valence-electron chi connectivity index (χ4n) is 1.42. The van der Waals surface area contributed by atoms with Gasteiger partial charge in [0.15, 0.2) is 0 Å². The van der Waals surface area contributed by atoms with E-state index >= 15 is 0 Å². The number of anilines is 1. The lowest BCUT2D eigenvalue weighted by molar-refractivity contribution is -0.114. The van der Waals surface area contributed by atoms with Crippen molar-refractivity contribution in [2.45, 2.75) is 28.8 Å². The second kappa shape index (κ2) is 5.85. The molecule has 0 atom stereocenters. The monoisotopic (exact) mass is 425 g/mol. The van der Waals surface area contributed by atoms with E-state index in [1.165, 1.54) is 5.56 Å². The molecule has 5 heteroatoms. The smallest absolute Gasteiger partial charge is 0.263 e. The van der Waals surface area contributed by atoms with Gasteiger partial charge in [0.2, 0.25) is 2.14 Å². The van der Waals surface area contributed by atoms with Gasteiger partial charge in [-0.1, -0.05) is 19.9 Å². The SMILES string of the molecule is Cc1cc(NC(=O)C(Br)(Br)Br)cc(C(C)C)c1. The minimum absolute atomic E-state index is 0.196. The van der Waals surface area contributed by atoms with Crippen LogP contribution in [0.2, 0.25) is 0 Å². The third-order valence-electron chi connectivity index (χ3n) is 2.28. The first-order valence-electron chi connectivity index (χ1n) is 5.20. The molecule has 0 aliphatic rings. The summed E-state index contributed by atoms with van der Waals surface area (Å²) in [5.74, 6) is 0.241. The van der Waals surface area contributed by atoms with Crippen LogP contribution in [0.5, 0.6) is 0 Å². The lowest BCUT2D eigenvalue weighted by Gasteiger charge is -2.15. The molecule has 1 rings (SSSR count). The lowest BCUT2D eigenvalue weighted by Crippen LogP contribution is -2.25. The summed E-state index contributed by atoms with van der Waals surface area (Å²) in [4.78, 5) is 11.8. The van der Waals surface area contributed by atoms with Crippen LogP contribution in [0.4, 0.5) is 5.69 Å². The average Bonchev–Trinajstić information content (AvgIpc) is 2.14. The highest BCUT2D eigenvalue weighted by atomic mass is 80.0. The van der Waals surface area contributed by atoms with Gasteiger partial charge in [-0.25, -0.2) is 0 Å². The number of hydrogen-bond acceptors (Lipinski definition) is 1. The Balaban J connectivity index is 2.96. The maximum Gasteiger partial charge on any atom is 0.263 e. The van der Waals surface area contributed by atoms with E-state index < -0.39 is 2.14 Å². The predicted octanol–water partition coefficient (Wildman–Crippen LogP) is 4.90. The zero-order valence-corrected chi connectivity index (χ0v) is 14.6. The van der Waals surface area contributed by atoms with Gasteiger partial charge in [-0.15, -0.1) is 0 Å². The van der Waals surface area contributed by atoms with Crippen molar-refractivity contribution in [2.24, 2.45) is 0 Å². The lowest BCUT2D eigenvalue weighted by atomic mass is 10.0. The Morgan fingerprint density at radius 1 is 1.24 bits per heavy atom. The van der Waals surface area contributed by atoms with Gasteiger partial charge in [0.05, 0.1) is 0 Å². The van der Waals surface area contributed by atoms with Crippen LogP contribution in [0, 0.1) is 6.92 Å². The van der Waals surface area contributed by atoms with Crippen molar-refractivity contribution in [3.05, 3.63) is 29.3 Å². The van der Waals surface area contributed by atoms with Crippen LogP contribution < -0.4 is 5.32 Å². The molecule has 0 aromatic heterocycles. The molecule has 0 radical (unpaired) electrons. The van der Waals surface area contributed by atoms with E-state index in [2.05, 4.69) is 73.0 Å². The van der Waals surface area contributed by atoms with Crippen molar-refractivity contribution in [2.75, 3.05) is 5.32 Å². The van der Waals surface area contributed by atoms with Crippen LogP contribution in [0.3, 0.4) is 0 Å². The van der Waals surface area contributed by atoms with Gasteiger partial charge in [0.25, 0.3) is 5.91 Å². The Kier molecular flexibility index (Phi) is 5.22. The number of carbonyl (C=O) groups excluding carboxylic acids is 1. The Morgan fingerprint density at radius 2 is 1.82 bits per heavy atom. The average molecular weight is 428 g/mol. The molecule has 0 unspecified atom stereocenters. The fourth-order valence-corrected chi connectivity index (χ4v) is 1.72. The van der Waals surface area contributed by atoms with Gasteiger partial charge < -0.3 is 5.32 Å². The number of alkyl halides is 3. The Morgan fingerprint density at radius 3 is 2.29 bits per heavy atom. The van der Waals surface area contributed by atoms with Crippen molar-refractivity contribution in [3.8, 4) is 0 Å². The second-order valence-electron chi connectivity index (χ2n) is 4.24. The summed E-state index contributed by atoms with van der Waals surface area (Å²) < 4.78 is -0.922. The number of aryl methyl sites for hydroxylation is 1. The van der Waals surface area contributed by atoms with Crippen LogP contribution >= 0.6 is 47.8 Å². The fraction of sp³-hybridized carbons (Fsp3) is 0.417. The molecule has 0 saturated heterocycles.